The van der Waals surface area contributed by atoms with E-state index in [0.717, 1.165) is 4.57 Å². The van der Waals surface area contributed by atoms with Crippen molar-refractivity contribution in [3.05, 3.63) is 36.9 Å². The Morgan fingerprint density at radius 3 is 2.58 bits per heavy atom. The molecule has 2 rings (SSSR count). The average molecular weight is 266 g/mol. The number of hydrogen-bond donors (Lipinski definition) is 3. The fraction of sp³-hybridized carbons (Fsp3) is 0.300. The normalized spacial score (nSPS) is 10.8. The molecule has 0 bridgehead atoms. The largest absolute Gasteiger partial charge is 0.481 e. The lowest BCUT2D eigenvalue weighted by atomic mass is 10.2. The Morgan fingerprint density at radius 2 is 1.95 bits per heavy atom. The third-order valence-electron chi connectivity index (χ3n) is 2.62. The van der Waals surface area contributed by atoms with E-state index in [9.17, 15) is 19.2 Å². The van der Waals surface area contributed by atoms with Crippen molar-refractivity contribution in [2.24, 2.45) is 7.05 Å². The van der Waals surface area contributed by atoms with Gasteiger partial charge in [-0.15, -0.1) is 0 Å². The Bertz CT molecular complexity index is 828. The van der Waals surface area contributed by atoms with Gasteiger partial charge in [0.25, 0.3) is 11.1 Å². The predicted molar refractivity (Wildman–Crippen MR) is 64.2 cm³/mol. The van der Waals surface area contributed by atoms with Crippen LogP contribution in [0.3, 0.4) is 0 Å². The van der Waals surface area contributed by atoms with Crippen LogP contribution in [0.5, 0.6) is 0 Å². The van der Waals surface area contributed by atoms with Crippen molar-refractivity contribution in [1.82, 2.24) is 19.5 Å². The average Bonchev–Trinajstić information content (AvgIpc) is 2.34. The number of aryl methyl sites for hydroxylation is 2. The van der Waals surface area contributed by atoms with E-state index in [4.69, 9.17) is 5.11 Å². The quantitative estimate of drug-likeness (QED) is 0.607. The van der Waals surface area contributed by atoms with Crippen molar-refractivity contribution in [2.75, 3.05) is 0 Å². The summed E-state index contributed by atoms with van der Waals surface area (Å²) in [7, 11) is 1.37. The Balaban J connectivity index is 2.70. The molecular weight excluding hydrogens is 256 g/mol. The Kier molecular flexibility index (Phi) is 3.03. The van der Waals surface area contributed by atoms with Gasteiger partial charge in [0.1, 0.15) is 11.3 Å². The second-order valence-electron chi connectivity index (χ2n) is 3.92. The number of fused-ring (bicyclic) bond motifs is 1. The molecule has 0 amide bonds. The van der Waals surface area contributed by atoms with Crippen LogP contribution >= 0.6 is 0 Å². The topological polar surface area (TPSA) is 138 Å². The molecule has 0 aliphatic heterocycles. The highest BCUT2D eigenvalue weighted by molar-refractivity contribution is 5.69. The number of aromatic amines is 2. The van der Waals surface area contributed by atoms with E-state index >= 15 is 0 Å². The molecule has 2 aromatic rings. The van der Waals surface area contributed by atoms with Gasteiger partial charge in [-0.2, -0.15) is 0 Å². The van der Waals surface area contributed by atoms with E-state index in [1.165, 1.54) is 7.05 Å². The Labute approximate surface area is 104 Å². The molecule has 2 aromatic heterocycles. The molecule has 0 aliphatic rings. The van der Waals surface area contributed by atoms with E-state index in [-0.39, 0.29) is 29.7 Å². The minimum Gasteiger partial charge on any atom is -0.481 e. The van der Waals surface area contributed by atoms with Gasteiger partial charge < -0.3 is 10.1 Å². The van der Waals surface area contributed by atoms with Gasteiger partial charge in [-0.25, -0.2) is 9.78 Å². The van der Waals surface area contributed by atoms with Gasteiger partial charge in [0.2, 0.25) is 0 Å². The van der Waals surface area contributed by atoms with E-state index in [1.54, 1.807) is 0 Å². The molecule has 0 fully saturated rings. The molecule has 0 spiro atoms. The first-order chi connectivity index (χ1) is 8.90. The monoisotopic (exact) mass is 266 g/mol. The number of hydrogen-bond acceptors (Lipinski definition) is 5. The minimum atomic E-state index is -1.07. The van der Waals surface area contributed by atoms with Gasteiger partial charge in [-0.3, -0.25) is 23.9 Å². The number of nitrogens with one attached hydrogen (secondary N) is 2. The van der Waals surface area contributed by atoms with E-state index < -0.39 is 22.8 Å². The Hall–Kier alpha value is -2.71. The number of carbonyl (C=O) groups is 1. The van der Waals surface area contributed by atoms with Crippen LogP contribution in [-0.4, -0.2) is 30.6 Å². The summed E-state index contributed by atoms with van der Waals surface area (Å²) >= 11 is 0. The van der Waals surface area contributed by atoms with Crippen molar-refractivity contribution in [2.45, 2.75) is 12.8 Å². The van der Waals surface area contributed by atoms with Crippen LogP contribution in [0, 0.1) is 0 Å². The summed E-state index contributed by atoms with van der Waals surface area (Å²) in [5.41, 5.74) is -2.19. The SMILES string of the molecule is Cn1c(=O)[nH]c(=O)c2nc(CCC(=O)O)c(=O)[nH]c21. The number of nitrogens with zero attached hydrogens (tertiary/aromatic N) is 2. The lowest BCUT2D eigenvalue weighted by Gasteiger charge is -2.04. The third kappa shape index (κ3) is 2.30. The summed E-state index contributed by atoms with van der Waals surface area (Å²) in [5.74, 6) is -1.07. The number of aromatic nitrogens is 4. The number of carboxylic acids is 1. The molecule has 0 saturated carbocycles. The summed E-state index contributed by atoms with van der Waals surface area (Å²) < 4.78 is 1.05. The van der Waals surface area contributed by atoms with E-state index in [2.05, 4.69) is 9.97 Å². The van der Waals surface area contributed by atoms with Crippen LogP contribution in [0.25, 0.3) is 11.2 Å². The first kappa shape index (κ1) is 12.7. The lowest BCUT2D eigenvalue weighted by Crippen LogP contribution is -2.32. The summed E-state index contributed by atoms with van der Waals surface area (Å²) in [6, 6.07) is 0. The van der Waals surface area contributed by atoms with Crippen molar-refractivity contribution in [1.29, 1.82) is 0 Å². The maximum atomic E-state index is 11.7. The van der Waals surface area contributed by atoms with Gasteiger partial charge in [-0.1, -0.05) is 0 Å². The zero-order valence-corrected chi connectivity index (χ0v) is 9.89. The van der Waals surface area contributed by atoms with Gasteiger partial charge in [0.05, 0.1) is 6.42 Å². The molecule has 0 aromatic carbocycles. The standard InChI is InChI=1S/C10H10N4O5/c1-14-7-6(9(18)13-10(14)19)11-4(8(17)12-7)2-3-5(15)16/h2-3H2,1H3,(H,12,17)(H,15,16)(H,13,18,19). The highest BCUT2D eigenvalue weighted by Gasteiger charge is 2.12. The molecule has 19 heavy (non-hydrogen) atoms. The van der Waals surface area contributed by atoms with E-state index in [1.807, 2.05) is 4.98 Å². The van der Waals surface area contributed by atoms with Crippen LogP contribution in [0.4, 0.5) is 0 Å². The Morgan fingerprint density at radius 1 is 1.26 bits per heavy atom. The van der Waals surface area contributed by atoms with Crippen molar-refractivity contribution in [3.63, 3.8) is 0 Å². The molecular formula is C10H10N4O5. The fourth-order valence-electron chi connectivity index (χ4n) is 1.62. The maximum absolute atomic E-state index is 11.7. The lowest BCUT2D eigenvalue weighted by molar-refractivity contribution is -0.136. The van der Waals surface area contributed by atoms with Crippen LogP contribution in [0.15, 0.2) is 14.4 Å². The molecule has 0 atom stereocenters. The van der Waals surface area contributed by atoms with Crippen molar-refractivity contribution >= 4 is 17.1 Å². The summed E-state index contributed by atoms with van der Waals surface area (Å²) in [4.78, 5) is 53.3. The van der Waals surface area contributed by atoms with Crippen LogP contribution in [0.2, 0.25) is 0 Å². The van der Waals surface area contributed by atoms with Crippen molar-refractivity contribution in [3.8, 4) is 0 Å². The molecule has 9 heteroatoms. The number of rotatable bonds is 3. The second-order valence-corrected chi connectivity index (χ2v) is 3.92. The van der Waals surface area contributed by atoms with Crippen LogP contribution in [-0.2, 0) is 18.3 Å². The first-order valence-electron chi connectivity index (χ1n) is 5.34. The molecule has 0 unspecified atom stereocenters. The molecule has 9 nitrogen and oxygen atoms in total. The molecule has 2 heterocycles. The smallest absolute Gasteiger partial charge is 0.329 e. The maximum Gasteiger partial charge on any atom is 0.329 e. The minimum absolute atomic E-state index is 0.00201. The zero-order chi connectivity index (χ0) is 14.2. The molecule has 0 saturated heterocycles. The fourth-order valence-corrected chi connectivity index (χ4v) is 1.62. The number of carboxylic acid groups (broad SMARTS) is 1. The van der Waals surface area contributed by atoms with Gasteiger partial charge in [0, 0.05) is 13.5 Å². The highest BCUT2D eigenvalue weighted by atomic mass is 16.4. The predicted octanol–water partition coefficient (Wildman–Crippen LogP) is -1.67. The van der Waals surface area contributed by atoms with Gasteiger partial charge >= 0.3 is 11.7 Å². The number of aliphatic carboxylic acids is 1. The van der Waals surface area contributed by atoms with Crippen molar-refractivity contribution < 1.29 is 9.90 Å². The van der Waals surface area contributed by atoms with Gasteiger partial charge in [-0.05, 0) is 0 Å². The molecule has 0 radical (unpaired) electrons. The first-order valence-corrected chi connectivity index (χ1v) is 5.34. The molecule has 100 valence electrons. The highest BCUT2D eigenvalue weighted by Crippen LogP contribution is 2.00. The van der Waals surface area contributed by atoms with E-state index in [0.29, 0.717) is 0 Å². The van der Waals surface area contributed by atoms with Gasteiger partial charge in [0.15, 0.2) is 5.52 Å². The zero-order valence-electron chi connectivity index (χ0n) is 9.89. The van der Waals surface area contributed by atoms with Crippen LogP contribution < -0.4 is 16.8 Å². The summed E-state index contributed by atoms with van der Waals surface area (Å²) in [6.07, 6.45) is -0.367. The third-order valence-corrected chi connectivity index (χ3v) is 2.62. The summed E-state index contributed by atoms with van der Waals surface area (Å²) in [5, 5.41) is 8.56. The number of H-pyrrole nitrogens is 2. The molecule has 0 aliphatic carbocycles. The summed E-state index contributed by atoms with van der Waals surface area (Å²) in [6.45, 7) is 0. The second kappa shape index (κ2) is 4.52. The van der Waals surface area contributed by atoms with Crippen LogP contribution in [0.1, 0.15) is 12.1 Å². The molecule has 3 N–H and O–H groups in total.